The Labute approximate surface area is 214 Å². The van der Waals surface area contributed by atoms with Gasteiger partial charge in [-0.1, -0.05) is 24.3 Å². The van der Waals surface area contributed by atoms with Gasteiger partial charge in [0.1, 0.15) is 11.4 Å². The molecule has 0 atom stereocenters. The third kappa shape index (κ3) is 7.15. The summed E-state index contributed by atoms with van der Waals surface area (Å²) in [5.74, 6) is 1.07. The molecule has 1 saturated heterocycles. The maximum atomic E-state index is 12.7. The Morgan fingerprint density at radius 3 is 2.36 bits per heavy atom. The smallest absolute Gasteiger partial charge is 0.410 e. The number of nitrogens with one attached hydrogen (secondary N) is 1. The number of hydrogen-bond acceptors (Lipinski definition) is 4. The molecule has 1 N–H and O–H groups in total. The lowest BCUT2D eigenvalue weighted by Crippen LogP contribution is -2.52. The normalized spacial score (nSPS) is 15.4. The van der Waals surface area contributed by atoms with Gasteiger partial charge in [0.25, 0.3) is 0 Å². The number of hydrogen-bond donors (Lipinski definition) is 1. The van der Waals surface area contributed by atoms with Crippen LogP contribution in [0.4, 0.5) is 15.3 Å². The van der Waals surface area contributed by atoms with Crippen molar-refractivity contribution in [2.24, 2.45) is 0 Å². The molecule has 194 valence electrons. The zero-order valence-corrected chi connectivity index (χ0v) is 21.8. The van der Waals surface area contributed by atoms with Gasteiger partial charge in [-0.15, -0.1) is 0 Å². The van der Waals surface area contributed by atoms with Crippen LogP contribution in [0.5, 0.6) is 5.75 Å². The van der Waals surface area contributed by atoms with Crippen molar-refractivity contribution in [3.8, 4) is 5.75 Å². The van der Waals surface area contributed by atoms with Crippen LogP contribution in [-0.4, -0.2) is 60.3 Å². The second kappa shape index (κ2) is 11.7. The number of fused-ring (bicyclic) bond motifs is 1. The van der Waals surface area contributed by atoms with Crippen LogP contribution >= 0.6 is 0 Å². The number of urea groups is 1. The Morgan fingerprint density at radius 1 is 0.917 bits per heavy atom. The van der Waals surface area contributed by atoms with E-state index >= 15 is 0 Å². The highest BCUT2D eigenvalue weighted by molar-refractivity contribution is 5.89. The van der Waals surface area contributed by atoms with E-state index in [1.54, 1.807) is 9.80 Å². The van der Waals surface area contributed by atoms with Crippen LogP contribution in [-0.2, 0) is 24.0 Å². The number of ether oxygens (including phenoxy) is 2. The van der Waals surface area contributed by atoms with Crippen molar-refractivity contribution in [3.05, 3.63) is 59.2 Å². The van der Waals surface area contributed by atoms with E-state index in [9.17, 15) is 9.59 Å². The van der Waals surface area contributed by atoms with Gasteiger partial charge in [0, 0.05) is 31.9 Å². The molecule has 0 radical (unpaired) electrons. The van der Waals surface area contributed by atoms with Gasteiger partial charge in [0.2, 0.25) is 0 Å². The predicted octanol–water partition coefficient (Wildman–Crippen LogP) is 5.66. The number of benzene rings is 2. The Bertz CT molecular complexity index is 1040. The molecule has 2 aromatic carbocycles. The lowest BCUT2D eigenvalue weighted by Gasteiger charge is -2.35. The van der Waals surface area contributed by atoms with Crippen molar-refractivity contribution >= 4 is 17.8 Å². The average Bonchev–Trinajstić information content (AvgIpc) is 3.34. The molecule has 4 rings (SSSR count). The Morgan fingerprint density at radius 2 is 1.64 bits per heavy atom. The third-order valence-electron chi connectivity index (χ3n) is 6.64. The summed E-state index contributed by atoms with van der Waals surface area (Å²) in [6, 6.07) is 14.3. The zero-order chi connectivity index (χ0) is 25.5. The molecule has 1 aliphatic carbocycles. The van der Waals surface area contributed by atoms with E-state index in [0.717, 1.165) is 43.7 Å². The summed E-state index contributed by atoms with van der Waals surface area (Å²) in [5.41, 5.74) is 4.36. The van der Waals surface area contributed by atoms with E-state index in [2.05, 4.69) is 35.6 Å². The molecule has 2 aromatic rings. The summed E-state index contributed by atoms with van der Waals surface area (Å²) in [6.45, 7) is 8.20. The van der Waals surface area contributed by atoms with Crippen LogP contribution in [0.2, 0.25) is 0 Å². The number of amides is 3. The molecule has 0 spiro atoms. The molecule has 36 heavy (non-hydrogen) atoms. The number of rotatable bonds is 7. The molecule has 0 bridgehead atoms. The second-order valence-electron chi connectivity index (χ2n) is 10.6. The van der Waals surface area contributed by atoms with Crippen LogP contribution in [0.25, 0.3) is 0 Å². The third-order valence-corrected chi connectivity index (χ3v) is 6.64. The highest BCUT2D eigenvalue weighted by Gasteiger charge is 2.27. The zero-order valence-electron chi connectivity index (χ0n) is 21.8. The van der Waals surface area contributed by atoms with Crippen molar-refractivity contribution in [2.75, 3.05) is 38.1 Å². The maximum absolute atomic E-state index is 12.7. The van der Waals surface area contributed by atoms with Gasteiger partial charge in [-0.2, -0.15) is 0 Å². The number of anilines is 1. The summed E-state index contributed by atoms with van der Waals surface area (Å²) in [7, 11) is 0. The minimum atomic E-state index is -0.520. The van der Waals surface area contributed by atoms with Gasteiger partial charge in [0.15, 0.2) is 0 Å². The minimum absolute atomic E-state index is 0.142. The Hall–Kier alpha value is -3.22. The molecule has 0 saturated carbocycles. The van der Waals surface area contributed by atoms with Crippen molar-refractivity contribution in [2.45, 2.75) is 64.9 Å². The van der Waals surface area contributed by atoms with Gasteiger partial charge in [-0.05, 0) is 94.2 Å². The number of unbranched alkanes of at least 4 members (excludes halogenated alkanes) is 1. The molecular formula is C29H39N3O4. The van der Waals surface area contributed by atoms with Crippen LogP contribution in [0.1, 0.15) is 56.7 Å². The fourth-order valence-electron chi connectivity index (χ4n) is 4.71. The van der Waals surface area contributed by atoms with Gasteiger partial charge < -0.3 is 24.6 Å². The van der Waals surface area contributed by atoms with Crippen LogP contribution in [0.3, 0.4) is 0 Å². The fraction of sp³-hybridized carbons (Fsp3) is 0.517. The van der Waals surface area contributed by atoms with Crippen LogP contribution in [0, 0.1) is 0 Å². The second-order valence-corrected chi connectivity index (χ2v) is 10.6. The minimum Gasteiger partial charge on any atom is -0.493 e. The number of carbonyl (C=O) groups is 2. The van der Waals surface area contributed by atoms with E-state index in [0.29, 0.717) is 26.2 Å². The molecule has 1 heterocycles. The lowest BCUT2D eigenvalue weighted by molar-refractivity contribution is 0.0174. The summed E-state index contributed by atoms with van der Waals surface area (Å²) in [6.07, 6.45) is 6.27. The van der Waals surface area contributed by atoms with Crippen LogP contribution < -0.4 is 10.1 Å². The van der Waals surface area contributed by atoms with Gasteiger partial charge in [0.05, 0.1) is 6.61 Å². The van der Waals surface area contributed by atoms with E-state index in [4.69, 9.17) is 9.47 Å². The van der Waals surface area contributed by atoms with Gasteiger partial charge in [-0.3, -0.25) is 0 Å². The first-order chi connectivity index (χ1) is 17.3. The summed E-state index contributed by atoms with van der Waals surface area (Å²) in [5, 5.41) is 2.97. The summed E-state index contributed by atoms with van der Waals surface area (Å²) in [4.78, 5) is 28.3. The largest absolute Gasteiger partial charge is 0.493 e. The lowest BCUT2D eigenvalue weighted by atomic mass is 10.1. The van der Waals surface area contributed by atoms with E-state index < -0.39 is 5.60 Å². The quantitative estimate of drug-likeness (QED) is 0.505. The summed E-state index contributed by atoms with van der Waals surface area (Å²) >= 11 is 0. The Balaban J connectivity index is 1.14. The predicted molar refractivity (Wildman–Crippen MR) is 142 cm³/mol. The first kappa shape index (κ1) is 25.9. The molecule has 0 aromatic heterocycles. The molecular weight excluding hydrogens is 454 g/mol. The standard InChI is InChI=1S/C29H39N3O4/c1-29(2,3)36-28(34)32-19-17-31(18-20-32)27(33)30-24-15-13-22(14-16-24)8-4-5-21-35-26-12-7-10-23-9-6-11-25(23)26/h7,10,12-16H,4-6,8-9,11,17-21H2,1-3H3,(H,30,33). The number of aryl methyl sites for hydroxylation is 2. The van der Waals surface area contributed by atoms with Crippen molar-refractivity contribution < 1.29 is 19.1 Å². The molecule has 2 aliphatic rings. The van der Waals surface area contributed by atoms with Crippen LogP contribution in [0.15, 0.2) is 42.5 Å². The van der Waals surface area contributed by atoms with E-state index in [-0.39, 0.29) is 12.1 Å². The van der Waals surface area contributed by atoms with Crippen molar-refractivity contribution in [3.63, 3.8) is 0 Å². The first-order valence-corrected chi connectivity index (χ1v) is 13.1. The van der Waals surface area contributed by atoms with Crippen molar-refractivity contribution in [1.29, 1.82) is 0 Å². The molecule has 7 nitrogen and oxygen atoms in total. The monoisotopic (exact) mass is 493 g/mol. The number of carbonyl (C=O) groups excluding carboxylic acids is 2. The SMILES string of the molecule is CC(C)(C)OC(=O)N1CCN(C(=O)Nc2ccc(CCCCOc3cccc4c3CCC4)cc2)CC1. The van der Waals surface area contributed by atoms with E-state index in [1.807, 2.05) is 32.9 Å². The summed E-state index contributed by atoms with van der Waals surface area (Å²) < 4.78 is 11.5. The molecule has 0 unspecified atom stereocenters. The average molecular weight is 494 g/mol. The topological polar surface area (TPSA) is 71.1 Å². The number of nitrogens with zero attached hydrogens (tertiary/aromatic N) is 2. The Kier molecular flexibility index (Phi) is 8.39. The van der Waals surface area contributed by atoms with E-state index in [1.165, 1.54) is 29.5 Å². The fourth-order valence-corrected chi connectivity index (χ4v) is 4.71. The molecule has 1 aliphatic heterocycles. The maximum Gasteiger partial charge on any atom is 0.410 e. The molecule has 3 amide bonds. The molecule has 1 fully saturated rings. The van der Waals surface area contributed by atoms with Gasteiger partial charge in [-0.25, -0.2) is 9.59 Å². The molecule has 7 heteroatoms. The van der Waals surface area contributed by atoms with Crippen molar-refractivity contribution in [1.82, 2.24) is 9.80 Å². The number of piperazine rings is 1. The highest BCUT2D eigenvalue weighted by Crippen LogP contribution is 2.30. The first-order valence-electron chi connectivity index (χ1n) is 13.1. The highest BCUT2D eigenvalue weighted by atomic mass is 16.6. The van der Waals surface area contributed by atoms with Gasteiger partial charge >= 0.3 is 12.1 Å².